The van der Waals surface area contributed by atoms with Crippen molar-refractivity contribution in [1.29, 1.82) is 0 Å². The van der Waals surface area contributed by atoms with E-state index in [0.29, 0.717) is 6.04 Å². The molecule has 0 spiro atoms. The van der Waals surface area contributed by atoms with E-state index in [2.05, 4.69) is 27.9 Å². The molecule has 0 aromatic carbocycles. The molecule has 13 heavy (non-hydrogen) atoms. The molecule has 1 unspecified atom stereocenters. The molecule has 1 heterocycles. The molecule has 0 amide bonds. The van der Waals surface area contributed by atoms with Crippen LogP contribution in [0.5, 0.6) is 0 Å². The molecule has 0 aromatic heterocycles. The normalized spacial score (nSPS) is 22.4. The van der Waals surface area contributed by atoms with Crippen LogP contribution in [0.3, 0.4) is 0 Å². The van der Waals surface area contributed by atoms with Gasteiger partial charge in [0.2, 0.25) is 0 Å². The average Bonchev–Trinajstić information content (AvgIpc) is 2.63. The summed E-state index contributed by atoms with van der Waals surface area (Å²) in [7, 11) is 0. The molecular weight excluding hydrogens is 277 g/mol. The highest BCUT2D eigenvalue weighted by Crippen LogP contribution is 2.05. The van der Waals surface area contributed by atoms with Gasteiger partial charge in [-0.1, -0.05) is 35.4 Å². The van der Waals surface area contributed by atoms with Crippen molar-refractivity contribution in [2.24, 2.45) is 0 Å². The van der Waals surface area contributed by atoms with Gasteiger partial charge in [-0.2, -0.15) is 0 Å². The maximum Gasteiger partial charge on any atom is 0.0620 e. The van der Waals surface area contributed by atoms with Crippen LogP contribution in [0.1, 0.15) is 32.1 Å². The minimum Gasteiger partial charge on any atom is -0.380 e. The fourth-order valence-electron chi connectivity index (χ4n) is 1.57. The predicted octanol–water partition coefficient (Wildman–Crippen LogP) is 2.36. The minimum absolute atomic E-state index is 0.643. The van der Waals surface area contributed by atoms with E-state index in [-0.39, 0.29) is 0 Å². The molecule has 0 aliphatic carbocycles. The summed E-state index contributed by atoms with van der Waals surface area (Å²) in [4.78, 5) is 0. The standard InChI is InChI=1S/C10H20INO/c11-6-3-1-2-4-7-12-10-5-8-13-9-10/h10,12H,1-9H2. The number of nitrogens with one attached hydrogen (secondary N) is 1. The Kier molecular flexibility index (Phi) is 7.21. The van der Waals surface area contributed by atoms with E-state index in [1.807, 2.05) is 0 Å². The van der Waals surface area contributed by atoms with Crippen LogP contribution >= 0.6 is 22.6 Å². The lowest BCUT2D eigenvalue weighted by Gasteiger charge is -2.09. The van der Waals surface area contributed by atoms with Crippen molar-refractivity contribution in [2.75, 3.05) is 24.2 Å². The Hall–Kier alpha value is 0.650. The van der Waals surface area contributed by atoms with Gasteiger partial charge < -0.3 is 10.1 Å². The number of hydrogen-bond donors (Lipinski definition) is 1. The van der Waals surface area contributed by atoms with Gasteiger partial charge in [0.25, 0.3) is 0 Å². The summed E-state index contributed by atoms with van der Waals surface area (Å²) in [5, 5.41) is 3.53. The number of alkyl halides is 1. The summed E-state index contributed by atoms with van der Waals surface area (Å²) in [6, 6.07) is 0.643. The summed E-state index contributed by atoms with van der Waals surface area (Å²) in [5.74, 6) is 0. The number of halogens is 1. The van der Waals surface area contributed by atoms with E-state index in [1.54, 1.807) is 0 Å². The van der Waals surface area contributed by atoms with E-state index < -0.39 is 0 Å². The van der Waals surface area contributed by atoms with Crippen LogP contribution in [-0.2, 0) is 4.74 Å². The second kappa shape index (κ2) is 8.00. The van der Waals surface area contributed by atoms with Crippen molar-refractivity contribution in [3.8, 4) is 0 Å². The zero-order valence-electron chi connectivity index (χ0n) is 8.23. The molecule has 1 rings (SSSR count). The monoisotopic (exact) mass is 297 g/mol. The Morgan fingerprint density at radius 2 is 2.08 bits per heavy atom. The Bertz CT molecular complexity index is 115. The maximum absolute atomic E-state index is 5.29. The van der Waals surface area contributed by atoms with Gasteiger partial charge in [-0.25, -0.2) is 0 Å². The van der Waals surface area contributed by atoms with Crippen LogP contribution in [0, 0.1) is 0 Å². The molecule has 1 fully saturated rings. The first-order valence-corrected chi connectivity index (χ1v) is 6.83. The highest BCUT2D eigenvalue weighted by molar-refractivity contribution is 14.1. The first kappa shape index (κ1) is 11.7. The van der Waals surface area contributed by atoms with Crippen molar-refractivity contribution in [3.05, 3.63) is 0 Å². The van der Waals surface area contributed by atoms with Gasteiger partial charge in [-0.05, 0) is 30.2 Å². The largest absolute Gasteiger partial charge is 0.380 e. The molecule has 1 saturated heterocycles. The number of hydrogen-bond acceptors (Lipinski definition) is 2. The van der Waals surface area contributed by atoms with Gasteiger partial charge in [-0.15, -0.1) is 0 Å². The van der Waals surface area contributed by atoms with Crippen molar-refractivity contribution in [1.82, 2.24) is 5.32 Å². The fraction of sp³-hybridized carbons (Fsp3) is 1.00. The van der Waals surface area contributed by atoms with Gasteiger partial charge >= 0.3 is 0 Å². The van der Waals surface area contributed by atoms with Gasteiger partial charge in [0.05, 0.1) is 6.61 Å². The smallest absolute Gasteiger partial charge is 0.0620 e. The third-order valence-corrected chi connectivity index (χ3v) is 3.19. The fourth-order valence-corrected chi connectivity index (χ4v) is 2.11. The summed E-state index contributed by atoms with van der Waals surface area (Å²) in [6.07, 6.45) is 6.68. The maximum atomic E-state index is 5.29. The SMILES string of the molecule is ICCCCCCNC1CCOC1. The van der Waals surface area contributed by atoms with E-state index in [1.165, 1.54) is 43.1 Å². The van der Waals surface area contributed by atoms with E-state index in [4.69, 9.17) is 4.74 Å². The van der Waals surface area contributed by atoms with Crippen molar-refractivity contribution in [3.63, 3.8) is 0 Å². The second-order valence-electron chi connectivity index (χ2n) is 3.62. The quantitative estimate of drug-likeness (QED) is 0.442. The summed E-state index contributed by atoms with van der Waals surface area (Å²) in [5.41, 5.74) is 0. The molecule has 2 nitrogen and oxygen atoms in total. The van der Waals surface area contributed by atoms with Crippen molar-refractivity contribution in [2.45, 2.75) is 38.1 Å². The zero-order valence-corrected chi connectivity index (χ0v) is 10.4. The third-order valence-electron chi connectivity index (χ3n) is 2.42. The molecule has 0 saturated carbocycles. The molecule has 3 heteroatoms. The predicted molar refractivity (Wildman–Crippen MR) is 64.6 cm³/mol. The van der Waals surface area contributed by atoms with Crippen LogP contribution < -0.4 is 5.32 Å². The van der Waals surface area contributed by atoms with Gasteiger partial charge in [-0.3, -0.25) is 0 Å². The Morgan fingerprint density at radius 1 is 1.23 bits per heavy atom. The lowest BCUT2D eigenvalue weighted by atomic mass is 10.2. The highest BCUT2D eigenvalue weighted by atomic mass is 127. The lowest BCUT2D eigenvalue weighted by Crippen LogP contribution is -2.29. The topological polar surface area (TPSA) is 21.3 Å². The van der Waals surface area contributed by atoms with E-state index in [0.717, 1.165) is 13.2 Å². The Morgan fingerprint density at radius 3 is 2.77 bits per heavy atom. The number of unbranched alkanes of at least 4 members (excludes halogenated alkanes) is 3. The second-order valence-corrected chi connectivity index (χ2v) is 4.70. The molecule has 0 bridgehead atoms. The first-order valence-electron chi connectivity index (χ1n) is 5.30. The Labute approximate surface area is 94.9 Å². The molecular formula is C10H20INO. The lowest BCUT2D eigenvalue weighted by molar-refractivity contribution is 0.190. The zero-order chi connectivity index (χ0) is 9.36. The van der Waals surface area contributed by atoms with Gasteiger partial charge in [0.15, 0.2) is 0 Å². The average molecular weight is 297 g/mol. The van der Waals surface area contributed by atoms with Gasteiger partial charge in [0.1, 0.15) is 0 Å². The summed E-state index contributed by atoms with van der Waals surface area (Å²) < 4.78 is 6.60. The van der Waals surface area contributed by atoms with Crippen LogP contribution in [0.15, 0.2) is 0 Å². The van der Waals surface area contributed by atoms with E-state index >= 15 is 0 Å². The van der Waals surface area contributed by atoms with Crippen LogP contribution in [0.25, 0.3) is 0 Å². The van der Waals surface area contributed by atoms with Crippen molar-refractivity contribution >= 4 is 22.6 Å². The highest BCUT2D eigenvalue weighted by Gasteiger charge is 2.13. The summed E-state index contributed by atoms with van der Waals surface area (Å²) in [6.45, 7) is 3.05. The first-order chi connectivity index (χ1) is 6.43. The van der Waals surface area contributed by atoms with Crippen LogP contribution in [0.4, 0.5) is 0 Å². The third kappa shape index (κ3) is 5.86. The van der Waals surface area contributed by atoms with Gasteiger partial charge in [0, 0.05) is 12.6 Å². The molecule has 1 aliphatic rings. The Balaban J connectivity index is 1.78. The molecule has 1 aliphatic heterocycles. The molecule has 0 radical (unpaired) electrons. The van der Waals surface area contributed by atoms with Crippen LogP contribution in [-0.4, -0.2) is 30.2 Å². The van der Waals surface area contributed by atoms with E-state index in [9.17, 15) is 0 Å². The minimum atomic E-state index is 0.643. The summed E-state index contributed by atoms with van der Waals surface area (Å²) >= 11 is 2.45. The number of ether oxygens (including phenoxy) is 1. The molecule has 0 aromatic rings. The molecule has 78 valence electrons. The molecule has 1 N–H and O–H groups in total. The molecule has 1 atom stereocenters. The van der Waals surface area contributed by atoms with Crippen molar-refractivity contribution < 1.29 is 4.74 Å². The number of rotatable bonds is 7. The van der Waals surface area contributed by atoms with Crippen LogP contribution in [0.2, 0.25) is 0 Å².